The fourth-order valence-corrected chi connectivity index (χ4v) is 4.04. The summed E-state index contributed by atoms with van der Waals surface area (Å²) in [6, 6.07) is 12.4. The molecule has 5 rings (SSSR count). The average Bonchev–Trinajstić information content (AvgIpc) is 3.12. The molecular weight excluding hydrogens is 362 g/mol. The van der Waals surface area contributed by atoms with Crippen LogP contribution in [0.3, 0.4) is 0 Å². The number of hydrogen-bond acceptors (Lipinski definition) is 4. The highest BCUT2D eigenvalue weighted by atomic mass is 16.6. The normalized spacial score (nSPS) is 20.1. The molecule has 2 aliphatic rings. The Hall–Kier alpha value is -3.08. The molecular formula is C24H25N3O2. The summed E-state index contributed by atoms with van der Waals surface area (Å²) in [6.45, 7) is 1.16. The first-order valence-electron chi connectivity index (χ1n) is 10.4. The molecule has 0 amide bonds. The lowest BCUT2D eigenvalue weighted by Crippen LogP contribution is -2.24. The van der Waals surface area contributed by atoms with Gasteiger partial charge in [-0.2, -0.15) is 0 Å². The molecule has 0 spiro atoms. The van der Waals surface area contributed by atoms with Crippen molar-refractivity contribution in [1.82, 2.24) is 9.55 Å². The Morgan fingerprint density at radius 3 is 2.79 bits per heavy atom. The van der Waals surface area contributed by atoms with E-state index in [1.807, 2.05) is 6.07 Å². The lowest BCUT2D eigenvalue weighted by atomic mass is 10.1. The van der Waals surface area contributed by atoms with Gasteiger partial charge in [0.2, 0.25) is 0 Å². The van der Waals surface area contributed by atoms with Gasteiger partial charge in [-0.25, -0.2) is 4.98 Å². The Labute approximate surface area is 170 Å². The van der Waals surface area contributed by atoms with Gasteiger partial charge in [0, 0.05) is 19.2 Å². The van der Waals surface area contributed by atoms with Crippen LogP contribution in [0.5, 0.6) is 11.5 Å². The van der Waals surface area contributed by atoms with Crippen molar-refractivity contribution in [2.75, 3.05) is 13.2 Å². The molecule has 0 unspecified atom stereocenters. The molecule has 3 aromatic rings. The van der Waals surface area contributed by atoms with E-state index >= 15 is 0 Å². The molecule has 148 valence electrons. The number of nitrogens with zero attached hydrogens (tertiary/aromatic N) is 3. The Balaban J connectivity index is 1.46. The number of ether oxygens (including phenoxy) is 2. The summed E-state index contributed by atoms with van der Waals surface area (Å²) < 4.78 is 13.7. The number of benzene rings is 2. The van der Waals surface area contributed by atoms with E-state index in [1.165, 1.54) is 5.22 Å². The van der Waals surface area contributed by atoms with Gasteiger partial charge in [-0.05, 0) is 49.1 Å². The molecule has 5 heteroatoms. The van der Waals surface area contributed by atoms with E-state index in [2.05, 4.69) is 54.1 Å². The van der Waals surface area contributed by atoms with Crippen LogP contribution in [0.2, 0.25) is 0 Å². The van der Waals surface area contributed by atoms with Crippen LogP contribution in [0.1, 0.15) is 31.5 Å². The minimum absolute atomic E-state index is 0.570. The standard InChI is InChI=1S/C24H25N3O2/c1-27-20-12-13-21-24(29-16-15-28-21)23(20)26-22(27)14-11-18-9-4-2-3-7-17-8-5-6-10-19(17)25-18/h5-10,12-13H,2-4,11,14-16H2,1H3/b17-7+,18-9-,25-19-. The molecule has 0 aliphatic carbocycles. The topological polar surface area (TPSA) is 48.6 Å². The summed E-state index contributed by atoms with van der Waals surface area (Å²) in [4.78, 5) is 9.87. The molecule has 0 N–H and O–H groups in total. The first-order chi connectivity index (χ1) is 14.3. The number of rotatable bonds is 3. The fourth-order valence-electron chi connectivity index (χ4n) is 4.04. The molecule has 29 heavy (non-hydrogen) atoms. The van der Waals surface area contributed by atoms with Gasteiger partial charge in [-0.1, -0.05) is 30.4 Å². The maximum atomic E-state index is 5.85. The van der Waals surface area contributed by atoms with Crippen LogP contribution in [-0.2, 0) is 13.5 Å². The number of aryl methyl sites for hydroxylation is 2. The Kier molecular flexibility index (Phi) is 4.80. The van der Waals surface area contributed by atoms with Crippen molar-refractivity contribution >= 4 is 17.1 Å². The molecule has 2 aliphatic heterocycles. The zero-order valence-corrected chi connectivity index (χ0v) is 16.7. The lowest BCUT2D eigenvalue weighted by Gasteiger charge is -2.18. The van der Waals surface area contributed by atoms with Crippen molar-refractivity contribution in [1.29, 1.82) is 0 Å². The number of para-hydroxylation sites is 1. The zero-order valence-electron chi connectivity index (χ0n) is 16.7. The molecule has 0 fully saturated rings. The van der Waals surface area contributed by atoms with E-state index in [1.54, 1.807) is 0 Å². The van der Waals surface area contributed by atoms with Gasteiger partial charge in [0.05, 0.1) is 10.9 Å². The third-order valence-electron chi connectivity index (χ3n) is 5.61. The zero-order chi connectivity index (χ0) is 19.6. The van der Waals surface area contributed by atoms with E-state index in [9.17, 15) is 0 Å². The predicted octanol–water partition coefficient (Wildman–Crippen LogP) is 3.45. The largest absolute Gasteiger partial charge is 0.486 e. The molecule has 0 bridgehead atoms. The van der Waals surface area contributed by atoms with E-state index in [-0.39, 0.29) is 0 Å². The van der Waals surface area contributed by atoms with Crippen molar-refractivity contribution < 1.29 is 9.47 Å². The van der Waals surface area contributed by atoms with Crippen LogP contribution in [0, 0.1) is 0 Å². The SMILES string of the molecule is Cn1c(CCC2=C\CCC\C=c3/cccc/c3=N/2)nc2c3c(ccc21)OCCO3. The summed E-state index contributed by atoms with van der Waals surface area (Å²) in [6.07, 6.45) is 9.60. The average molecular weight is 387 g/mol. The second-order valence-electron chi connectivity index (χ2n) is 7.55. The van der Waals surface area contributed by atoms with Crippen LogP contribution in [-0.4, -0.2) is 22.8 Å². The monoisotopic (exact) mass is 387 g/mol. The Morgan fingerprint density at radius 2 is 1.83 bits per heavy atom. The Morgan fingerprint density at radius 1 is 0.966 bits per heavy atom. The van der Waals surface area contributed by atoms with Gasteiger partial charge in [-0.3, -0.25) is 4.99 Å². The molecule has 5 nitrogen and oxygen atoms in total. The van der Waals surface area contributed by atoms with Crippen molar-refractivity contribution in [3.63, 3.8) is 0 Å². The third kappa shape index (κ3) is 3.53. The summed E-state index contributed by atoms with van der Waals surface area (Å²) >= 11 is 0. The number of fused-ring (bicyclic) bond motifs is 4. The maximum Gasteiger partial charge on any atom is 0.189 e. The summed E-state index contributed by atoms with van der Waals surface area (Å²) in [5.74, 6) is 2.60. The molecule has 0 radical (unpaired) electrons. The van der Waals surface area contributed by atoms with Crippen molar-refractivity contribution in [2.24, 2.45) is 12.0 Å². The van der Waals surface area contributed by atoms with E-state index in [0.29, 0.717) is 13.2 Å². The first-order valence-corrected chi connectivity index (χ1v) is 10.4. The second kappa shape index (κ2) is 7.74. The minimum atomic E-state index is 0.570. The molecule has 0 saturated heterocycles. The minimum Gasteiger partial charge on any atom is -0.486 e. The number of aromatic nitrogens is 2. The number of allylic oxidation sites excluding steroid dienone is 2. The molecule has 1 aromatic heterocycles. The quantitative estimate of drug-likeness (QED) is 0.692. The van der Waals surface area contributed by atoms with Gasteiger partial charge in [0.1, 0.15) is 24.6 Å². The third-order valence-corrected chi connectivity index (χ3v) is 5.61. The first kappa shape index (κ1) is 18.0. The summed E-state index contributed by atoms with van der Waals surface area (Å²) in [5, 5.41) is 2.29. The van der Waals surface area contributed by atoms with Gasteiger partial charge >= 0.3 is 0 Å². The van der Waals surface area contributed by atoms with Crippen LogP contribution in [0.4, 0.5) is 0 Å². The van der Waals surface area contributed by atoms with Gasteiger partial charge < -0.3 is 14.0 Å². The Bertz CT molecular complexity index is 1210. The number of imidazole rings is 1. The summed E-state index contributed by atoms with van der Waals surface area (Å²) in [5.41, 5.74) is 3.10. The van der Waals surface area contributed by atoms with Crippen LogP contribution in [0.25, 0.3) is 17.1 Å². The molecule has 0 saturated carbocycles. The van der Waals surface area contributed by atoms with Crippen molar-refractivity contribution in [3.8, 4) is 11.5 Å². The molecule has 0 atom stereocenters. The lowest BCUT2D eigenvalue weighted by molar-refractivity contribution is 0.173. The highest BCUT2D eigenvalue weighted by Gasteiger charge is 2.19. The predicted molar refractivity (Wildman–Crippen MR) is 114 cm³/mol. The van der Waals surface area contributed by atoms with E-state index < -0.39 is 0 Å². The smallest absolute Gasteiger partial charge is 0.189 e. The van der Waals surface area contributed by atoms with E-state index in [4.69, 9.17) is 19.5 Å². The van der Waals surface area contributed by atoms with Crippen LogP contribution < -0.4 is 20.0 Å². The van der Waals surface area contributed by atoms with E-state index in [0.717, 1.165) is 71.5 Å². The highest BCUT2D eigenvalue weighted by molar-refractivity contribution is 5.85. The van der Waals surface area contributed by atoms with Crippen LogP contribution in [0.15, 0.2) is 53.2 Å². The molecule has 3 heterocycles. The van der Waals surface area contributed by atoms with Crippen molar-refractivity contribution in [2.45, 2.75) is 32.1 Å². The number of hydrogen-bond donors (Lipinski definition) is 0. The maximum absolute atomic E-state index is 5.85. The highest BCUT2D eigenvalue weighted by Crippen LogP contribution is 2.37. The van der Waals surface area contributed by atoms with Crippen LogP contribution >= 0.6 is 0 Å². The van der Waals surface area contributed by atoms with Crippen molar-refractivity contribution in [3.05, 3.63) is 64.6 Å². The fraction of sp³-hybridized carbons (Fsp3) is 0.333. The second-order valence-corrected chi connectivity index (χ2v) is 7.55. The van der Waals surface area contributed by atoms with Gasteiger partial charge in [0.15, 0.2) is 11.5 Å². The molecule has 2 aromatic carbocycles. The van der Waals surface area contributed by atoms with Gasteiger partial charge in [-0.15, -0.1) is 0 Å². The summed E-state index contributed by atoms with van der Waals surface area (Å²) in [7, 11) is 2.07. The van der Waals surface area contributed by atoms with Gasteiger partial charge in [0.25, 0.3) is 0 Å².